The molecule has 4 N–H and O–H groups in total. The Morgan fingerprint density at radius 3 is 2.38 bits per heavy atom. The van der Waals surface area contributed by atoms with Gasteiger partial charge in [0.2, 0.25) is 0 Å². The van der Waals surface area contributed by atoms with E-state index >= 15 is 0 Å². The van der Waals surface area contributed by atoms with Crippen molar-refractivity contribution in [3.63, 3.8) is 0 Å². The summed E-state index contributed by atoms with van der Waals surface area (Å²) in [6, 6.07) is 0. The molecule has 0 atom stereocenters. The summed E-state index contributed by atoms with van der Waals surface area (Å²) in [5, 5.41) is 11.1. The van der Waals surface area contributed by atoms with Gasteiger partial charge in [-0.05, 0) is 0 Å². The fourth-order valence-corrected chi connectivity index (χ4v) is 0.306. The van der Waals surface area contributed by atoms with E-state index in [4.69, 9.17) is 10.8 Å². The van der Waals surface area contributed by atoms with Crippen molar-refractivity contribution in [2.24, 2.45) is 5.73 Å². The lowest BCUT2D eigenvalue weighted by atomic mass is 10.6. The van der Waals surface area contributed by atoms with E-state index in [0.29, 0.717) is 13.1 Å². The Morgan fingerprint density at radius 2 is 2.00 bits per heavy atom. The normalized spacial score (nSPS) is 8.25. The second-order valence-corrected chi connectivity index (χ2v) is 1.26. The van der Waals surface area contributed by atoms with E-state index in [-0.39, 0.29) is 12.8 Å². The number of nitrogens with two attached hydrogens (primary N) is 1. The Hall–Kier alpha value is -0.160. The fraction of sp³-hybridized carbons (Fsp3) is 1.00. The predicted octanol–water partition coefficient (Wildman–Crippen LogP) is -1.95. The molecule has 0 bridgehead atoms. The molecule has 0 aliphatic heterocycles. The molecule has 0 aromatic rings. The van der Waals surface area contributed by atoms with Crippen LogP contribution in [0.5, 0.6) is 0 Å². The van der Waals surface area contributed by atoms with Crippen LogP contribution in [0, 0.1) is 0 Å². The van der Waals surface area contributed by atoms with Crippen molar-refractivity contribution in [1.82, 2.24) is 11.5 Å². The maximum absolute atomic E-state index is 8.19. The van der Waals surface area contributed by atoms with Gasteiger partial charge in [0, 0.05) is 25.8 Å². The zero-order valence-corrected chi connectivity index (χ0v) is 4.80. The highest BCUT2D eigenvalue weighted by molar-refractivity contribution is 4.42. The van der Waals surface area contributed by atoms with Gasteiger partial charge in [-0.3, -0.25) is 0 Å². The third-order valence-corrected chi connectivity index (χ3v) is 0.610. The summed E-state index contributed by atoms with van der Waals surface area (Å²) < 4.78 is 0. The van der Waals surface area contributed by atoms with Gasteiger partial charge in [-0.1, -0.05) is 0 Å². The topological polar surface area (TPSA) is 88.8 Å². The van der Waals surface area contributed by atoms with E-state index in [1.807, 2.05) is 0 Å². The van der Waals surface area contributed by atoms with Crippen molar-refractivity contribution in [3.8, 4) is 0 Å². The molecule has 0 saturated carbocycles. The van der Waals surface area contributed by atoms with Gasteiger partial charge >= 0.3 is 0 Å². The first-order chi connectivity index (χ1) is 3.41. The third-order valence-electron chi connectivity index (χ3n) is 0.610. The summed E-state index contributed by atoms with van der Waals surface area (Å²) in [5.74, 6) is 0. The minimum atomic E-state index is 0. The second-order valence-electron chi connectivity index (χ2n) is 1.26. The van der Waals surface area contributed by atoms with Crippen molar-refractivity contribution in [1.29, 1.82) is 0 Å². The molecule has 0 fully saturated rings. The maximum atomic E-state index is 8.19. The summed E-state index contributed by atoms with van der Waals surface area (Å²) in [4.78, 5) is 0. The van der Waals surface area contributed by atoms with Gasteiger partial charge in [-0.15, -0.1) is 0 Å². The van der Waals surface area contributed by atoms with Crippen molar-refractivity contribution < 1.29 is 5.11 Å². The summed E-state index contributed by atoms with van der Waals surface area (Å²) in [7, 11) is 0. The molecule has 0 aliphatic carbocycles. The number of nitrogens with zero attached hydrogens (tertiary/aromatic N) is 1. The molecular weight excluding hydrogens is 106 g/mol. The summed E-state index contributed by atoms with van der Waals surface area (Å²) in [6.45, 7) is 2.28. The van der Waals surface area contributed by atoms with Crippen LogP contribution in [0.15, 0.2) is 0 Å². The first-order valence-corrected chi connectivity index (χ1v) is 2.43. The van der Waals surface area contributed by atoms with Gasteiger partial charge in [0.15, 0.2) is 0 Å². The lowest BCUT2D eigenvalue weighted by Gasteiger charge is -1.95. The molecule has 0 aromatic carbocycles. The number of hydrogen-bond acceptors (Lipinski definition) is 3. The fourth-order valence-electron chi connectivity index (χ4n) is 0.306. The van der Waals surface area contributed by atoms with E-state index in [1.54, 1.807) is 0 Å². The van der Waals surface area contributed by atoms with Crippen LogP contribution in [-0.4, -0.2) is 31.3 Å². The van der Waals surface area contributed by atoms with Gasteiger partial charge in [-0.25, -0.2) is 0 Å². The van der Waals surface area contributed by atoms with E-state index in [0.717, 1.165) is 6.54 Å². The first kappa shape index (κ1) is 10.8. The Kier molecular flexibility index (Phi) is 13.4. The van der Waals surface area contributed by atoms with E-state index in [1.165, 1.54) is 0 Å². The second kappa shape index (κ2) is 9.96. The molecule has 0 unspecified atom stereocenters. The molecule has 8 heavy (non-hydrogen) atoms. The van der Waals surface area contributed by atoms with Crippen molar-refractivity contribution >= 4 is 0 Å². The first-order valence-electron chi connectivity index (χ1n) is 2.43. The van der Waals surface area contributed by atoms with E-state index in [9.17, 15) is 0 Å². The Bertz CT molecular complexity index is 30.5. The van der Waals surface area contributed by atoms with Crippen molar-refractivity contribution in [3.05, 3.63) is 0 Å². The number of rotatable bonds is 4. The average Bonchev–Trinajstić information content (AvgIpc) is 1.69. The number of aliphatic hydroxyl groups excluding tert-OH is 1. The zero-order chi connectivity index (χ0) is 5.54. The van der Waals surface area contributed by atoms with Gasteiger partial charge in [-0.2, -0.15) is 0 Å². The summed E-state index contributed by atoms with van der Waals surface area (Å²) >= 11 is 0. The third kappa shape index (κ3) is 9.28. The van der Waals surface area contributed by atoms with Gasteiger partial charge in [0.25, 0.3) is 0 Å². The van der Waals surface area contributed by atoms with Crippen LogP contribution in [0.4, 0.5) is 0 Å². The predicted molar refractivity (Wildman–Crippen MR) is 31.1 cm³/mol. The highest BCUT2D eigenvalue weighted by atomic mass is 16.3. The van der Waals surface area contributed by atoms with Gasteiger partial charge < -0.3 is 16.2 Å². The zero-order valence-electron chi connectivity index (χ0n) is 4.80. The molecular formula is C4H12N3O. The number of aliphatic hydroxyl groups is 1. The molecule has 3 radical (unpaired) electrons. The minimum absolute atomic E-state index is 0. The van der Waals surface area contributed by atoms with Crippen LogP contribution in [0.3, 0.4) is 0 Å². The Balaban J connectivity index is 0. The standard InChI is InChI=1S/C4H12N2O.N/c5-1-2-6-3-4-7;/h6-7H,1-5H2;. The minimum Gasteiger partial charge on any atom is -0.395 e. The molecule has 0 aromatic heterocycles. The molecule has 0 amide bonds. The highest BCUT2D eigenvalue weighted by Gasteiger charge is 1.77. The summed E-state index contributed by atoms with van der Waals surface area (Å²) in [6.07, 6.45) is 0. The molecule has 0 heterocycles. The SMILES string of the molecule is NCCNCCO.[N]. The largest absolute Gasteiger partial charge is 0.395 e. The Morgan fingerprint density at radius 1 is 1.38 bits per heavy atom. The quantitative estimate of drug-likeness (QED) is 0.375. The van der Waals surface area contributed by atoms with Crippen LogP contribution in [0.1, 0.15) is 0 Å². The molecule has 0 spiro atoms. The molecule has 4 heteroatoms. The molecule has 49 valence electrons. The summed E-state index contributed by atoms with van der Waals surface area (Å²) in [5.41, 5.74) is 5.13. The lowest BCUT2D eigenvalue weighted by Crippen LogP contribution is -2.24. The van der Waals surface area contributed by atoms with E-state index < -0.39 is 0 Å². The number of hydrogen-bond donors (Lipinski definition) is 3. The van der Waals surface area contributed by atoms with Crippen LogP contribution in [0.25, 0.3) is 0 Å². The highest BCUT2D eigenvalue weighted by Crippen LogP contribution is 1.51. The monoisotopic (exact) mass is 118 g/mol. The van der Waals surface area contributed by atoms with Gasteiger partial charge in [0.05, 0.1) is 6.61 Å². The van der Waals surface area contributed by atoms with Crippen molar-refractivity contribution in [2.45, 2.75) is 0 Å². The lowest BCUT2D eigenvalue weighted by molar-refractivity contribution is 0.293. The molecule has 0 rings (SSSR count). The van der Waals surface area contributed by atoms with Gasteiger partial charge in [0.1, 0.15) is 0 Å². The average molecular weight is 118 g/mol. The Labute approximate surface area is 49.7 Å². The molecule has 4 nitrogen and oxygen atoms in total. The van der Waals surface area contributed by atoms with Crippen LogP contribution in [0.2, 0.25) is 0 Å². The molecule has 0 aliphatic rings. The molecule has 0 saturated heterocycles. The van der Waals surface area contributed by atoms with Crippen LogP contribution >= 0.6 is 0 Å². The van der Waals surface area contributed by atoms with Crippen LogP contribution in [-0.2, 0) is 0 Å². The van der Waals surface area contributed by atoms with Crippen molar-refractivity contribution in [2.75, 3.05) is 26.2 Å². The van der Waals surface area contributed by atoms with E-state index in [2.05, 4.69) is 5.32 Å². The number of nitrogens with one attached hydrogen (secondary N) is 1. The maximum Gasteiger partial charge on any atom is 0.0555 e. The van der Waals surface area contributed by atoms with Crippen LogP contribution < -0.4 is 17.2 Å². The smallest absolute Gasteiger partial charge is 0.0555 e.